The van der Waals surface area contributed by atoms with Crippen LogP contribution >= 0.6 is 23.2 Å². The zero-order chi connectivity index (χ0) is 18.9. The summed E-state index contributed by atoms with van der Waals surface area (Å²) in [6, 6.07) is 5.41. The van der Waals surface area contributed by atoms with E-state index in [0.29, 0.717) is 60.5 Å². The van der Waals surface area contributed by atoms with E-state index in [1.54, 1.807) is 26.5 Å². The summed E-state index contributed by atoms with van der Waals surface area (Å²) in [6.45, 7) is 1.98. The number of nitrogens with one attached hydrogen (secondary N) is 1. The van der Waals surface area contributed by atoms with E-state index in [2.05, 4.69) is 15.2 Å². The van der Waals surface area contributed by atoms with Crippen molar-refractivity contribution in [2.24, 2.45) is 0 Å². The number of carbonyl (C=O) groups is 1. The van der Waals surface area contributed by atoms with Crippen LogP contribution in [0.2, 0.25) is 0 Å². The molecule has 0 unspecified atom stereocenters. The van der Waals surface area contributed by atoms with Gasteiger partial charge in [0, 0.05) is 55.5 Å². The number of ether oxygens (including phenoxy) is 2. The first kappa shape index (κ1) is 20.6. The fraction of sp³-hybridized carbons (Fsp3) is 0.444. The van der Waals surface area contributed by atoms with E-state index in [4.69, 9.17) is 32.7 Å². The Kier molecular flexibility index (Phi) is 8.22. The average Bonchev–Trinajstić information content (AvgIpc) is 2.66. The predicted octanol–water partition coefficient (Wildman–Crippen LogP) is 3.36. The van der Waals surface area contributed by atoms with Gasteiger partial charge in [-0.15, -0.1) is 23.2 Å². The lowest BCUT2D eigenvalue weighted by Crippen LogP contribution is -2.31. The van der Waals surface area contributed by atoms with Crippen molar-refractivity contribution in [1.29, 1.82) is 0 Å². The van der Waals surface area contributed by atoms with Gasteiger partial charge in [0.15, 0.2) is 11.5 Å². The number of hydrogen-bond donors (Lipinski definition) is 1. The number of fused-ring (bicyclic) bond motifs is 1. The molecule has 26 heavy (non-hydrogen) atoms. The number of anilines is 1. The van der Waals surface area contributed by atoms with Crippen LogP contribution in [0.25, 0.3) is 10.9 Å². The highest BCUT2D eigenvalue weighted by atomic mass is 35.5. The molecule has 0 saturated heterocycles. The van der Waals surface area contributed by atoms with Gasteiger partial charge in [-0.3, -0.25) is 9.78 Å². The molecular weight excluding hydrogens is 377 g/mol. The molecule has 0 radical (unpaired) electrons. The third-order valence-corrected chi connectivity index (χ3v) is 4.30. The SMILES string of the molecule is COc1cc(NC(=O)CCN(CCCl)CCCl)c2ncccc2c1OC. The van der Waals surface area contributed by atoms with Crippen LogP contribution in [0.1, 0.15) is 6.42 Å². The second-order valence-corrected chi connectivity index (χ2v) is 6.33. The number of alkyl halides is 2. The molecule has 0 saturated carbocycles. The summed E-state index contributed by atoms with van der Waals surface area (Å²) in [6.07, 6.45) is 2.00. The van der Waals surface area contributed by atoms with Crippen LogP contribution in [0.4, 0.5) is 5.69 Å². The summed E-state index contributed by atoms with van der Waals surface area (Å²) < 4.78 is 10.8. The largest absolute Gasteiger partial charge is 0.493 e. The number of aromatic nitrogens is 1. The van der Waals surface area contributed by atoms with Gasteiger partial charge in [-0.2, -0.15) is 0 Å². The molecule has 142 valence electrons. The molecule has 1 N–H and O–H groups in total. The van der Waals surface area contributed by atoms with Crippen LogP contribution in [0.15, 0.2) is 24.4 Å². The Hall–Kier alpha value is -1.76. The molecule has 2 aromatic rings. The van der Waals surface area contributed by atoms with Crippen molar-refractivity contribution >= 4 is 45.7 Å². The van der Waals surface area contributed by atoms with Crippen LogP contribution < -0.4 is 14.8 Å². The van der Waals surface area contributed by atoms with Gasteiger partial charge in [0.25, 0.3) is 0 Å². The maximum atomic E-state index is 12.4. The summed E-state index contributed by atoms with van der Waals surface area (Å²) in [5, 5.41) is 3.69. The van der Waals surface area contributed by atoms with Crippen molar-refractivity contribution in [2.45, 2.75) is 6.42 Å². The first-order valence-corrected chi connectivity index (χ1v) is 9.35. The topological polar surface area (TPSA) is 63.7 Å². The summed E-state index contributed by atoms with van der Waals surface area (Å²) in [4.78, 5) is 18.9. The number of rotatable bonds is 10. The Balaban J connectivity index is 2.18. The van der Waals surface area contributed by atoms with Crippen molar-refractivity contribution in [3.8, 4) is 11.5 Å². The Morgan fingerprint density at radius 3 is 2.54 bits per heavy atom. The van der Waals surface area contributed by atoms with Gasteiger partial charge in [-0.25, -0.2) is 0 Å². The number of halogens is 2. The van der Waals surface area contributed by atoms with E-state index in [1.165, 1.54) is 0 Å². The molecule has 0 spiro atoms. The summed E-state index contributed by atoms with van der Waals surface area (Å²) >= 11 is 11.6. The van der Waals surface area contributed by atoms with E-state index >= 15 is 0 Å². The molecular formula is C18H23Cl2N3O3. The van der Waals surface area contributed by atoms with E-state index in [9.17, 15) is 4.79 Å². The van der Waals surface area contributed by atoms with Crippen LogP contribution in [-0.4, -0.2) is 61.4 Å². The van der Waals surface area contributed by atoms with E-state index in [0.717, 1.165) is 5.39 Å². The normalized spacial score (nSPS) is 11.0. The molecule has 6 nitrogen and oxygen atoms in total. The molecule has 0 aliphatic heterocycles. The summed E-state index contributed by atoms with van der Waals surface area (Å²) in [5.74, 6) is 2.02. The van der Waals surface area contributed by atoms with Gasteiger partial charge < -0.3 is 19.7 Å². The lowest BCUT2D eigenvalue weighted by Gasteiger charge is -2.20. The standard InChI is InChI=1S/C18H23Cl2N3O3/c1-25-15-12-14(17-13(18(15)26-2)4-3-8-21-17)22-16(24)5-9-23(10-6-19)11-7-20/h3-4,8,12H,5-7,9-11H2,1-2H3,(H,22,24). The molecule has 1 heterocycles. The lowest BCUT2D eigenvalue weighted by atomic mass is 10.1. The van der Waals surface area contributed by atoms with Gasteiger partial charge in [-0.05, 0) is 12.1 Å². The molecule has 2 rings (SSSR count). The van der Waals surface area contributed by atoms with E-state index in [1.807, 2.05) is 12.1 Å². The maximum absolute atomic E-state index is 12.4. The molecule has 0 aliphatic carbocycles. The van der Waals surface area contributed by atoms with Crippen LogP contribution in [-0.2, 0) is 4.79 Å². The van der Waals surface area contributed by atoms with Gasteiger partial charge in [0.1, 0.15) is 0 Å². The fourth-order valence-corrected chi connectivity index (χ4v) is 3.18. The Morgan fingerprint density at radius 1 is 1.19 bits per heavy atom. The van der Waals surface area contributed by atoms with Crippen LogP contribution in [0.5, 0.6) is 11.5 Å². The Labute approximate surface area is 163 Å². The number of nitrogens with zero attached hydrogens (tertiary/aromatic N) is 2. The zero-order valence-corrected chi connectivity index (χ0v) is 16.4. The minimum absolute atomic E-state index is 0.113. The minimum atomic E-state index is -0.113. The van der Waals surface area contributed by atoms with Crippen molar-refractivity contribution in [3.63, 3.8) is 0 Å². The number of pyridine rings is 1. The van der Waals surface area contributed by atoms with Crippen molar-refractivity contribution in [1.82, 2.24) is 9.88 Å². The van der Waals surface area contributed by atoms with Crippen LogP contribution in [0.3, 0.4) is 0 Å². The molecule has 1 aromatic carbocycles. The second kappa shape index (κ2) is 10.4. The van der Waals surface area contributed by atoms with E-state index < -0.39 is 0 Å². The fourth-order valence-electron chi connectivity index (χ4n) is 2.71. The minimum Gasteiger partial charge on any atom is -0.493 e. The van der Waals surface area contributed by atoms with Crippen molar-refractivity contribution < 1.29 is 14.3 Å². The summed E-state index contributed by atoms with van der Waals surface area (Å²) in [7, 11) is 3.13. The van der Waals surface area contributed by atoms with Gasteiger partial charge >= 0.3 is 0 Å². The third-order valence-electron chi connectivity index (χ3n) is 3.96. The average molecular weight is 400 g/mol. The predicted molar refractivity (Wildman–Crippen MR) is 106 cm³/mol. The number of amides is 1. The Morgan fingerprint density at radius 2 is 1.92 bits per heavy atom. The van der Waals surface area contributed by atoms with Gasteiger partial charge in [0.05, 0.1) is 25.4 Å². The number of hydrogen-bond acceptors (Lipinski definition) is 5. The molecule has 0 fully saturated rings. The molecule has 8 heteroatoms. The van der Waals surface area contributed by atoms with Gasteiger partial charge in [-0.1, -0.05) is 0 Å². The molecule has 0 atom stereocenters. The zero-order valence-electron chi connectivity index (χ0n) is 14.9. The number of carbonyl (C=O) groups excluding carboxylic acids is 1. The quantitative estimate of drug-likeness (QED) is 0.620. The van der Waals surface area contributed by atoms with Crippen LogP contribution in [0, 0.1) is 0 Å². The molecule has 1 amide bonds. The lowest BCUT2D eigenvalue weighted by molar-refractivity contribution is -0.116. The molecule has 1 aromatic heterocycles. The molecule has 0 bridgehead atoms. The summed E-state index contributed by atoms with van der Waals surface area (Å²) in [5.41, 5.74) is 1.24. The smallest absolute Gasteiger partial charge is 0.225 e. The first-order valence-electron chi connectivity index (χ1n) is 8.28. The number of benzene rings is 1. The monoisotopic (exact) mass is 399 g/mol. The third kappa shape index (κ3) is 5.13. The Bertz CT molecular complexity index is 737. The highest BCUT2D eigenvalue weighted by molar-refractivity contribution is 6.18. The highest BCUT2D eigenvalue weighted by Gasteiger charge is 2.16. The number of methoxy groups -OCH3 is 2. The van der Waals surface area contributed by atoms with E-state index in [-0.39, 0.29) is 5.91 Å². The highest BCUT2D eigenvalue weighted by Crippen LogP contribution is 2.39. The van der Waals surface area contributed by atoms with Crippen molar-refractivity contribution in [3.05, 3.63) is 24.4 Å². The first-order chi connectivity index (χ1) is 12.6. The maximum Gasteiger partial charge on any atom is 0.225 e. The molecule has 0 aliphatic rings. The second-order valence-electron chi connectivity index (χ2n) is 5.58. The van der Waals surface area contributed by atoms with Crippen molar-refractivity contribution in [2.75, 3.05) is 50.9 Å². The van der Waals surface area contributed by atoms with Gasteiger partial charge in [0.2, 0.25) is 5.91 Å².